The van der Waals surface area contributed by atoms with E-state index in [1.807, 2.05) is 6.07 Å². The van der Waals surface area contributed by atoms with Gasteiger partial charge in [-0.3, -0.25) is 4.79 Å². The number of nitrogens with zero attached hydrogens (tertiary/aromatic N) is 1. The van der Waals surface area contributed by atoms with Crippen LogP contribution in [-0.2, 0) is 6.61 Å². The third-order valence-electron chi connectivity index (χ3n) is 3.86. The van der Waals surface area contributed by atoms with Crippen molar-refractivity contribution in [3.05, 3.63) is 87.3 Å². The lowest BCUT2D eigenvalue weighted by molar-refractivity contribution is 0.290. The molecule has 0 aliphatic rings. The highest BCUT2D eigenvalue weighted by atomic mass is 19.1. The maximum atomic E-state index is 13.7. The Morgan fingerprint density at radius 3 is 2.62 bits per heavy atom. The van der Waals surface area contributed by atoms with Crippen molar-refractivity contribution >= 4 is 0 Å². The molecule has 3 rings (SSSR count). The summed E-state index contributed by atoms with van der Waals surface area (Å²) >= 11 is 0. The fourth-order valence-corrected chi connectivity index (χ4v) is 2.67. The lowest BCUT2D eigenvalue weighted by Crippen LogP contribution is -2.13. The Morgan fingerprint density at radius 1 is 1.12 bits per heavy atom. The Bertz CT molecular complexity index is 1070. The van der Waals surface area contributed by atoms with Crippen LogP contribution in [0.1, 0.15) is 16.8 Å². The third-order valence-corrected chi connectivity index (χ3v) is 3.86. The molecule has 0 saturated heterocycles. The van der Waals surface area contributed by atoms with E-state index in [4.69, 9.17) is 4.74 Å². The average molecular weight is 352 g/mol. The first kappa shape index (κ1) is 17.4. The number of aryl methyl sites for hydroxylation is 1. The van der Waals surface area contributed by atoms with Crippen LogP contribution >= 0.6 is 0 Å². The average Bonchev–Trinajstić information content (AvgIpc) is 2.61. The van der Waals surface area contributed by atoms with Crippen molar-refractivity contribution in [3.8, 4) is 22.9 Å². The minimum Gasteiger partial charge on any atom is -0.486 e. The smallest absolute Gasteiger partial charge is 0.266 e. The summed E-state index contributed by atoms with van der Waals surface area (Å²) in [7, 11) is 0. The van der Waals surface area contributed by atoms with Crippen molar-refractivity contribution in [2.24, 2.45) is 0 Å². The normalized spacial score (nSPS) is 10.4. The van der Waals surface area contributed by atoms with Gasteiger partial charge in [-0.1, -0.05) is 24.3 Å². The maximum Gasteiger partial charge on any atom is 0.266 e. The molecular weight excluding hydrogens is 338 g/mol. The second-order valence-corrected chi connectivity index (χ2v) is 5.70. The lowest BCUT2D eigenvalue weighted by atomic mass is 9.96. The zero-order valence-corrected chi connectivity index (χ0v) is 13.8. The summed E-state index contributed by atoms with van der Waals surface area (Å²) in [5, 5.41) is 9.33. The number of ether oxygens (including phenoxy) is 1. The van der Waals surface area contributed by atoms with Crippen LogP contribution in [-0.4, -0.2) is 4.98 Å². The Balaban J connectivity index is 2.00. The topological polar surface area (TPSA) is 65.9 Å². The standard InChI is InChI=1S/C20H14F2N2O2/c1-12-8-16(17(10-23)20(25)24-12)15-5-3-2-4-13(15)11-26-19-7-6-14(21)9-18(19)22/h2-9H,11H2,1H3,(H,24,25). The molecule has 1 heterocycles. The van der Waals surface area contributed by atoms with Crippen molar-refractivity contribution in [1.29, 1.82) is 5.26 Å². The van der Waals surface area contributed by atoms with Crippen LogP contribution < -0.4 is 10.3 Å². The highest BCUT2D eigenvalue weighted by molar-refractivity contribution is 5.73. The third kappa shape index (κ3) is 3.47. The van der Waals surface area contributed by atoms with E-state index in [9.17, 15) is 18.8 Å². The van der Waals surface area contributed by atoms with Crippen molar-refractivity contribution in [2.75, 3.05) is 0 Å². The van der Waals surface area contributed by atoms with Gasteiger partial charge < -0.3 is 9.72 Å². The first-order valence-electron chi connectivity index (χ1n) is 7.79. The van der Waals surface area contributed by atoms with Gasteiger partial charge in [-0.2, -0.15) is 5.26 Å². The van der Waals surface area contributed by atoms with Crippen molar-refractivity contribution in [1.82, 2.24) is 4.98 Å². The fourth-order valence-electron chi connectivity index (χ4n) is 2.67. The fraction of sp³-hybridized carbons (Fsp3) is 0.100. The number of nitrogens with one attached hydrogen (secondary N) is 1. The summed E-state index contributed by atoms with van der Waals surface area (Å²) < 4.78 is 32.2. The van der Waals surface area contributed by atoms with Crippen molar-refractivity contribution in [2.45, 2.75) is 13.5 Å². The lowest BCUT2D eigenvalue weighted by Gasteiger charge is -2.13. The molecule has 0 amide bonds. The molecule has 0 aliphatic heterocycles. The molecule has 4 nitrogen and oxygen atoms in total. The highest BCUT2D eigenvalue weighted by Gasteiger charge is 2.14. The van der Waals surface area contributed by atoms with Crippen LogP contribution in [0.4, 0.5) is 8.78 Å². The first-order chi connectivity index (χ1) is 12.5. The number of pyridine rings is 1. The van der Waals surface area contributed by atoms with Crippen molar-refractivity contribution in [3.63, 3.8) is 0 Å². The summed E-state index contributed by atoms with van der Waals surface area (Å²) in [4.78, 5) is 14.6. The number of hydrogen-bond donors (Lipinski definition) is 1. The molecule has 3 aromatic rings. The number of aromatic amines is 1. The molecule has 0 radical (unpaired) electrons. The molecule has 0 atom stereocenters. The van der Waals surface area contributed by atoms with Crippen LogP contribution in [0.2, 0.25) is 0 Å². The molecule has 130 valence electrons. The second kappa shape index (κ2) is 7.19. The van der Waals surface area contributed by atoms with Crippen molar-refractivity contribution < 1.29 is 13.5 Å². The molecule has 2 aromatic carbocycles. The molecule has 0 spiro atoms. The van der Waals surface area contributed by atoms with Crippen LogP contribution in [0.15, 0.2) is 53.3 Å². The van der Waals surface area contributed by atoms with Gasteiger partial charge >= 0.3 is 0 Å². The van der Waals surface area contributed by atoms with Gasteiger partial charge in [0, 0.05) is 17.3 Å². The molecule has 0 aliphatic carbocycles. The van der Waals surface area contributed by atoms with E-state index in [2.05, 4.69) is 4.98 Å². The van der Waals surface area contributed by atoms with Gasteiger partial charge in [-0.05, 0) is 36.2 Å². The summed E-state index contributed by atoms with van der Waals surface area (Å²) in [6.07, 6.45) is 0. The minimum atomic E-state index is -0.799. The SMILES string of the molecule is Cc1cc(-c2ccccc2COc2ccc(F)cc2F)c(C#N)c(=O)[nH]1. The predicted octanol–water partition coefficient (Wildman–Crippen LogP) is 4.08. The number of benzene rings is 2. The Kier molecular flexibility index (Phi) is 4.81. The number of halogens is 2. The molecular formula is C20H14F2N2O2. The number of aromatic nitrogens is 1. The molecule has 0 fully saturated rings. The number of rotatable bonds is 4. The Labute approximate surface area is 148 Å². The van der Waals surface area contributed by atoms with E-state index in [1.165, 1.54) is 6.07 Å². The summed E-state index contributed by atoms with van der Waals surface area (Å²) in [6, 6.07) is 13.8. The molecule has 0 saturated carbocycles. The van der Waals surface area contributed by atoms with E-state index in [0.29, 0.717) is 22.4 Å². The van der Waals surface area contributed by atoms with Crippen LogP contribution in [0, 0.1) is 29.9 Å². The zero-order chi connectivity index (χ0) is 18.7. The van der Waals surface area contributed by atoms with Gasteiger partial charge in [0.1, 0.15) is 24.1 Å². The van der Waals surface area contributed by atoms with Gasteiger partial charge in [0.25, 0.3) is 5.56 Å². The van der Waals surface area contributed by atoms with E-state index < -0.39 is 17.2 Å². The quantitative estimate of drug-likeness (QED) is 0.769. The van der Waals surface area contributed by atoms with Gasteiger partial charge in [-0.25, -0.2) is 8.78 Å². The zero-order valence-electron chi connectivity index (χ0n) is 13.8. The largest absolute Gasteiger partial charge is 0.486 e. The van der Waals surface area contributed by atoms with Gasteiger partial charge in [-0.15, -0.1) is 0 Å². The summed E-state index contributed by atoms with van der Waals surface area (Å²) in [5.41, 5.74) is 1.93. The molecule has 6 heteroatoms. The Hall–Kier alpha value is -3.46. The summed E-state index contributed by atoms with van der Waals surface area (Å²) in [5.74, 6) is -1.57. The van der Waals surface area contributed by atoms with Crippen LogP contribution in [0.5, 0.6) is 5.75 Å². The number of hydrogen-bond acceptors (Lipinski definition) is 3. The van der Waals surface area contributed by atoms with Gasteiger partial charge in [0.2, 0.25) is 0 Å². The molecule has 26 heavy (non-hydrogen) atoms. The monoisotopic (exact) mass is 352 g/mol. The molecule has 0 bridgehead atoms. The predicted molar refractivity (Wildman–Crippen MR) is 92.6 cm³/mol. The molecule has 0 unspecified atom stereocenters. The van der Waals surface area contributed by atoms with E-state index in [0.717, 1.165) is 12.1 Å². The first-order valence-corrected chi connectivity index (χ1v) is 7.79. The number of H-pyrrole nitrogens is 1. The molecule has 1 N–H and O–H groups in total. The van der Waals surface area contributed by atoms with Gasteiger partial charge in [0.05, 0.1) is 0 Å². The van der Waals surface area contributed by atoms with Gasteiger partial charge in [0.15, 0.2) is 11.6 Å². The minimum absolute atomic E-state index is 0.00369. The number of nitriles is 1. The van der Waals surface area contributed by atoms with E-state index in [1.54, 1.807) is 37.3 Å². The van der Waals surface area contributed by atoms with E-state index in [-0.39, 0.29) is 17.9 Å². The summed E-state index contributed by atoms with van der Waals surface area (Å²) in [6.45, 7) is 1.72. The van der Waals surface area contributed by atoms with Crippen LogP contribution in [0.25, 0.3) is 11.1 Å². The van der Waals surface area contributed by atoms with E-state index >= 15 is 0 Å². The van der Waals surface area contributed by atoms with Crippen LogP contribution in [0.3, 0.4) is 0 Å². The molecule has 1 aromatic heterocycles. The maximum absolute atomic E-state index is 13.7. The highest BCUT2D eigenvalue weighted by Crippen LogP contribution is 2.27. The Morgan fingerprint density at radius 2 is 1.88 bits per heavy atom. The second-order valence-electron chi connectivity index (χ2n) is 5.70.